The van der Waals surface area contributed by atoms with Crippen molar-refractivity contribution >= 4 is 29.1 Å². The van der Waals surface area contributed by atoms with Crippen LogP contribution in [0.1, 0.15) is 23.7 Å². The van der Waals surface area contributed by atoms with Gasteiger partial charge in [0.25, 0.3) is 5.91 Å². The van der Waals surface area contributed by atoms with Crippen molar-refractivity contribution in [3.63, 3.8) is 0 Å². The lowest BCUT2D eigenvalue weighted by atomic mass is 10.3. The molecule has 0 unspecified atom stereocenters. The highest BCUT2D eigenvalue weighted by Crippen LogP contribution is 2.04. The first-order valence-electron chi connectivity index (χ1n) is 5.33. The first-order chi connectivity index (χ1) is 8.50. The molecule has 18 heavy (non-hydrogen) atoms. The van der Waals surface area contributed by atoms with Crippen LogP contribution >= 0.6 is 11.3 Å². The van der Waals surface area contributed by atoms with Crippen molar-refractivity contribution in [2.24, 2.45) is 0 Å². The van der Waals surface area contributed by atoms with Gasteiger partial charge in [-0.3, -0.25) is 14.4 Å². The van der Waals surface area contributed by atoms with Gasteiger partial charge in [-0.05, 0) is 18.4 Å². The number of rotatable bonds is 6. The second kappa shape index (κ2) is 6.75. The van der Waals surface area contributed by atoms with E-state index in [0.29, 0.717) is 5.56 Å². The summed E-state index contributed by atoms with van der Waals surface area (Å²) in [6, 6.07) is 0.761. The molecule has 0 saturated heterocycles. The first-order valence-corrected chi connectivity index (χ1v) is 6.27. The Bertz CT molecular complexity index is 430. The maximum atomic E-state index is 11.5. The third-order valence-corrected chi connectivity index (χ3v) is 2.85. The summed E-state index contributed by atoms with van der Waals surface area (Å²) < 4.78 is 0. The van der Waals surface area contributed by atoms with E-state index in [4.69, 9.17) is 5.11 Å². The first kappa shape index (κ1) is 14.2. The van der Waals surface area contributed by atoms with Gasteiger partial charge < -0.3 is 15.7 Å². The summed E-state index contributed by atoms with van der Waals surface area (Å²) in [5.41, 5.74) is 0.555. The Morgan fingerprint density at radius 1 is 1.44 bits per heavy atom. The SMILES string of the molecule is C[C@H](NC(=O)CCNC(=O)c1ccsc1)C(=O)O. The van der Waals surface area contributed by atoms with Gasteiger partial charge >= 0.3 is 5.97 Å². The monoisotopic (exact) mass is 270 g/mol. The minimum absolute atomic E-state index is 0.0491. The van der Waals surface area contributed by atoms with Gasteiger partial charge in [-0.25, -0.2) is 0 Å². The van der Waals surface area contributed by atoms with Crippen molar-refractivity contribution in [1.29, 1.82) is 0 Å². The largest absolute Gasteiger partial charge is 0.480 e. The van der Waals surface area contributed by atoms with E-state index < -0.39 is 17.9 Å². The number of thiophene rings is 1. The molecule has 6 nitrogen and oxygen atoms in total. The Hall–Kier alpha value is -1.89. The maximum absolute atomic E-state index is 11.5. The highest BCUT2D eigenvalue weighted by atomic mass is 32.1. The summed E-state index contributed by atoms with van der Waals surface area (Å²) in [5.74, 6) is -1.74. The van der Waals surface area contributed by atoms with Crippen molar-refractivity contribution in [2.45, 2.75) is 19.4 Å². The van der Waals surface area contributed by atoms with Crippen molar-refractivity contribution in [3.05, 3.63) is 22.4 Å². The van der Waals surface area contributed by atoms with Crippen LogP contribution in [0.5, 0.6) is 0 Å². The van der Waals surface area contributed by atoms with Crippen LogP contribution in [-0.4, -0.2) is 35.5 Å². The lowest BCUT2D eigenvalue weighted by molar-refractivity contribution is -0.141. The topological polar surface area (TPSA) is 95.5 Å². The van der Waals surface area contributed by atoms with Gasteiger partial charge in [-0.2, -0.15) is 11.3 Å². The maximum Gasteiger partial charge on any atom is 0.325 e. The number of hydrogen-bond donors (Lipinski definition) is 3. The molecule has 0 bridgehead atoms. The molecule has 1 heterocycles. The van der Waals surface area contributed by atoms with Gasteiger partial charge in [0, 0.05) is 23.9 Å². The normalized spacial score (nSPS) is 11.6. The van der Waals surface area contributed by atoms with Crippen LogP contribution in [0.15, 0.2) is 16.8 Å². The fourth-order valence-electron chi connectivity index (χ4n) is 1.16. The number of amides is 2. The number of carboxylic acid groups (broad SMARTS) is 1. The fraction of sp³-hybridized carbons (Fsp3) is 0.364. The lowest BCUT2D eigenvalue weighted by Crippen LogP contribution is -2.39. The molecule has 98 valence electrons. The fourth-order valence-corrected chi connectivity index (χ4v) is 1.80. The van der Waals surface area contributed by atoms with Gasteiger partial charge in [-0.1, -0.05) is 0 Å². The van der Waals surface area contributed by atoms with Crippen LogP contribution in [0.2, 0.25) is 0 Å². The zero-order chi connectivity index (χ0) is 13.5. The minimum atomic E-state index is -1.09. The van der Waals surface area contributed by atoms with Crippen LogP contribution in [0.4, 0.5) is 0 Å². The molecule has 3 N–H and O–H groups in total. The second-order valence-electron chi connectivity index (χ2n) is 3.65. The predicted octanol–water partition coefficient (Wildman–Crippen LogP) is 0.457. The van der Waals surface area contributed by atoms with Gasteiger partial charge in [0.05, 0.1) is 0 Å². The number of carboxylic acids is 1. The molecule has 0 aromatic carbocycles. The molecular weight excluding hydrogens is 256 g/mol. The van der Waals surface area contributed by atoms with Crippen molar-refractivity contribution in [2.75, 3.05) is 6.54 Å². The zero-order valence-electron chi connectivity index (χ0n) is 9.80. The summed E-state index contributed by atoms with van der Waals surface area (Å²) in [6.07, 6.45) is 0.0491. The number of carbonyl (C=O) groups excluding carboxylic acids is 2. The Labute approximate surface area is 108 Å². The van der Waals surface area contributed by atoms with Crippen molar-refractivity contribution in [1.82, 2.24) is 10.6 Å². The van der Waals surface area contributed by atoms with Gasteiger partial charge in [-0.15, -0.1) is 0 Å². The van der Waals surface area contributed by atoms with Crippen LogP contribution in [0, 0.1) is 0 Å². The molecule has 0 aliphatic heterocycles. The number of nitrogens with one attached hydrogen (secondary N) is 2. The second-order valence-corrected chi connectivity index (χ2v) is 4.43. The van der Waals surface area contributed by atoms with E-state index in [1.54, 1.807) is 16.8 Å². The predicted molar refractivity (Wildman–Crippen MR) is 66.5 cm³/mol. The highest BCUT2D eigenvalue weighted by molar-refractivity contribution is 7.08. The smallest absolute Gasteiger partial charge is 0.325 e. The van der Waals surface area contributed by atoms with E-state index in [-0.39, 0.29) is 18.9 Å². The highest BCUT2D eigenvalue weighted by Gasteiger charge is 2.13. The van der Waals surface area contributed by atoms with E-state index in [1.165, 1.54) is 18.3 Å². The number of carbonyl (C=O) groups is 3. The van der Waals surface area contributed by atoms with Crippen molar-refractivity contribution < 1.29 is 19.5 Å². The van der Waals surface area contributed by atoms with E-state index in [9.17, 15) is 14.4 Å². The van der Waals surface area contributed by atoms with Crippen LogP contribution in [-0.2, 0) is 9.59 Å². The number of hydrogen-bond acceptors (Lipinski definition) is 4. The van der Waals surface area contributed by atoms with Gasteiger partial charge in [0.2, 0.25) is 5.91 Å². The third kappa shape index (κ3) is 4.54. The molecule has 0 saturated carbocycles. The summed E-state index contributed by atoms with van der Waals surface area (Å²) in [6.45, 7) is 1.55. The average molecular weight is 270 g/mol. The average Bonchev–Trinajstić information content (AvgIpc) is 2.81. The molecule has 2 amide bonds. The van der Waals surface area contributed by atoms with E-state index in [1.807, 2.05) is 0 Å². The Morgan fingerprint density at radius 2 is 2.17 bits per heavy atom. The summed E-state index contributed by atoms with van der Waals surface area (Å²) >= 11 is 1.41. The lowest BCUT2D eigenvalue weighted by Gasteiger charge is -2.09. The summed E-state index contributed by atoms with van der Waals surface area (Å²) in [5, 5.41) is 17.0. The molecule has 1 aromatic rings. The number of aliphatic carboxylic acids is 1. The minimum Gasteiger partial charge on any atom is -0.480 e. The van der Waals surface area contributed by atoms with E-state index in [0.717, 1.165) is 0 Å². The Morgan fingerprint density at radius 3 is 2.72 bits per heavy atom. The Balaban J connectivity index is 2.24. The van der Waals surface area contributed by atoms with Crippen LogP contribution in [0.25, 0.3) is 0 Å². The Kier molecular flexibility index (Phi) is 5.31. The molecule has 1 atom stereocenters. The molecule has 7 heteroatoms. The van der Waals surface area contributed by atoms with Crippen LogP contribution in [0.3, 0.4) is 0 Å². The van der Waals surface area contributed by atoms with Gasteiger partial charge in [0.15, 0.2) is 0 Å². The zero-order valence-corrected chi connectivity index (χ0v) is 10.6. The molecule has 1 aromatic heterocycles. The molecule has 0 radical (unpaired) electrons. The third-order valence-electron chi connectivity index (χ3n) is 2.17. The van der Waals surface area contributed by atoms with E-state index >= 15 is 0 Å². The molecular formula is C11H14N2O4S. The standard InChI is InChI=1S/C11H14N2O4S/c1-7(11(16)17)13-9(14)2-4-12-10(15)8-3-5-18-6-8/h3,5-7H,2,4H2,1H3,(H,12,15)(H,13,14)(H,16,17)/t7-/m0/s1. The van der Waals surface area contributed by atoms with E-state index in [2.05, 4.69) is 10.6 Å². The quantitative estimate of drug-likeness (QED) is 0.699. The summed E-state index contributed by atoms with van der Waals surface area (Å²) in [7, 11) is 0. The van der Waals surface area contributed by atoms with Crippen LogP contribution < -0.4 is 10.6 Å². The molecule has 1 rings (SSSR count). The molecule has 0 spiro atoms. The van der Waals surface area contributed by atoms with Gasteiger partial charge in [0.1, 0.15) is 6.04 Å². The summed E-state index contributed by atoms with van der Waals surface area (Å²) in [4.78, 5) is 33.3. The molecule has 0 aliphatic rings. The van der Waals surface area contributed by atoms with Crippen molar-refractivity contribution in [3.8, 4) is 0 Å². The molecule has 0 aliphatic carbocycles. The molecule has 0 fully saturated rings.